The molecule has 15 heavy (non-hydrogen) atoms. The maximum atomic E-state index is 12.6. The van der Waals surface area contributed by atoms with Gasteiger partial charge < -0.3 is 9.73 Å². The normalized spacial score (nSPS) is 9.93. The van der Waals surface area contributed by atoms with Gasteiger partial charge in [0.15, 0.2) is 5.13 Å². The van der Waals surface area contributed by atoms with Crippen molar-refractivity contribution >= 4 is 23.7 Å². The van der Waals surface area contributed by atoms with Crippen LogP contribution >= 0.6 is 23.7 Å². The Morgan fingerprint density at radius 2 is 2.13 bits per heavy atom. The first-order chi connectivity index (χ1) is 6.84. The molecule has 0 atom stereocenters. The Morgan fingerprint density at radius 3 is 2.73 bits per heavy atom. The molecule has 0 radical (unpaired) electrons. The fraction of sp³-hybridized carbons (Fsp3) is 0.200. The second-order valence-electron chi connectivity index (χ2n) is 2.89. The van der Waals surface area contributed by atoms with E-state index in [4.69, 9.17) is 4.42 Å². The molecule has 1 N–H and O–H groups in total. The van der Waals surface area contributed by atoms with Gasteiger partial charge in [0.25, 0.3) is 0 Å². The van der Waals surface area contributed by atoms with Gasteiger partial charge >= 0.3 is 0 Å². The Kier molecular flexibility index (Phi) is 4.81. The van der Waals surface area contributed by atoms with Crippen molar-refractivity contribution in [2.24, 2.45) is 0 Å². The Hall–Kier alpha value is -0.840. The average molecular weight is 248 g/mol. The smallest absolute Gasteiger partial charge is 0.176 e. The third kappa shape index (κ3) is 3.66. The lowest BCUT2D eigenvalue weighted by Crippen LogP contribution is -2.10. The number of thiophene rings is 1. The molecule has 2 aromatic rings. The molecule has 0 aliphatic heterocycles. The van der Waals surface area contributed by atoms with Gasteiger partial charge in [0.1, 0.15) is 5.76 Å². The number of hydrogen-bond acceptors (Lipinski definition) is 3. The number of hydrogen-bond donors (Lipinski definition) is 1. The summed E-state index contributed by atoms with van der Waals surface area (Å²) in [6, 6.07) is 7.02. The van der Waals surface area contributed by atoms with Crippen molar-refractivity contribution in [3.05, 3.63) is 46.3 Å². The Morgan fingerprint density at radius 1 is 1.27 bits per heavy atom. The molecule has 0 spiro atoms. The van der Waals surface area contributed by atoms with Gasteiger partial charge in [-0.1, -0.05) is 0 Å². The van der Waals surface area contributed by atoms with Gasteiger partial charge in [0.2, 0.25) is 0 Å². The summed E-state index contributed by atoms with van der Waals surface area (Å²) in [5.41, 5.74) is 0. The Labute approximate surface area is 97.5 Å². The third-order valence-electron chi connectivity index (χ3n) is 1.81. The van der Waals surface area contributed by atoms with Crippen LogP contribution in [0.4, 0.5) is 4.39 Å². The van der Waals surface area contributed by atoms with Crippen LogP contribution in [0.25, 0.3) is 0 Å². The van der Waals surface area contributed by atoms with Crippen LogP contribution in [-0.4, -0.2) is 0 Å². The topological polar surface area (TPSA) is 25.2 Å². The van der Waals surface area contributed by atoms with E-state index in [1.807, 2.05) is 12.1 Å². The minimum Gasteiger partial charge on any atom is -0.468 e. The first-order valence-corrected chi connectivity index (χ1v) is 5.13. The molecule has 2 rings (SSSR count). The fourth-order valence-corrected chi connectivity index (χ4v) is 1.87. The molecular formula is C10H11ClFNOS. The summed E-state index contributed by atoms with van der Waals surface area (Å²) in [6.07, 6.45) is 1.64. The lowest BCUT2D eigenvalue weighted by atomic mass is 10.4. The maximum Gasteiger partial charge on any atom is 0.176 e. The van der Waals surface area contributed by atoms with E-state index in [0.29, 0.717) is 13.1 Å². The zero-order valence-electron chi connectivity index (χ0n) is 7.90. The van der Waals surface area contributed by atoms with Crippen LogP contribution in [0.5, 0.6) is 0 Å². The lowest BCUT2D eigenvalue weighted by molar-refractivity contribution is 0.483. The average Bonchev–Trinajstić information content (AvgIpc) is 2.77. The zero-order valence-corrected chi connectivity index (χ0v) is 9.54. The molecule has 0 fully saturated rings. The van der Waals surface area contributed by atoms with Gasteiger partial charge in [0.05, 0.1) is 12.8 Å². The lowest BCUT2D eigenvalue weighted by Gasteiger charge is -1.98. The predicted molar refractivity (Wildman–Crippen MR) is 60.8 cm³/mol. The van der Waals surface area contributed by atoms with Crippen molar-refractivity contribution in [3.8, 4) is 0 Å². The van der Waals surface area contributed by atoms with Crippen molar-refractivity contribution in [1.29, 1.82) is 0 Å². The molecule has 5 heteroatoms. The summed E-state index contributed by atoms with van der Waals surface area (Å²) in [5, 5.41) is 3.03. The monoisotopic (exact) mass is 247 g/mol. The van der Waals surface area contributed by atoms with Gasteiger partial charge in [0, 0.05) is 11.4 Å². The van der Waals surface area contributed by atoms with Crippen LogP contribution in [0.1, 0.15) is 10.6 Å². The molecule has 0 bridgehead atoms. The second-order valence-corrected chi connectivity index (χ2v) is 4.01. The molecule has 2 aromatic heterocycles. The van der Waals surface area contributed by atoms with Gasteiger partial charge in [-0.2, -0.15) is 4.39 Å². The SMILES string of the molecule is Cl.Fc1ccc(CNCc2ccco2)s1. The molecule has 0 saturated heterocycles. The summed E-state index contributed by atoms with van der Waals surface area (Å²) in [5.74, 6) is 0.891. The van der Waals surface area contributed by atoms with Crippen molar-refractivity contribution in [2.45, 2.75) is 13.1 Å². The fourth-order valence-electron chi connectivity index (χ4n) is 1.17. The molecule has 0 unspecified atom stereocenters. The Balaban J connectivity index is 0.00000112. The van der Waals surface area contributed by atoms with Gasteiger partial charge in [-0.05, 0) is 24.3 Å². The van der Waals surface area contributed by atoms with Crippen molar-refractivity contribution < 1.29 is 8.81 Å². The molecular weight excluding hydrogens is 237 g/mol. The van der Waals surface area contributed by atoms with Gasteiger partial charge in [-0.15, -0.1) is 23.7 Å². The summed E-state index contributed by atoms with van der Waals surface area (Å²) < 4.78 is 17.7. The first-order valence-electron chi connectivity index (χ1n) is 4.32. The van der Waals surface area contributed by atoms with Crippen molar-refractivity contribution in [1.82, 2.24) is 5.32 Å². The summed E-state index contributed by atoms with van der Waals surface area (Å²) in [4.78, 5) is 0.994. The van der Waals surface area contributed by atoms with E-state index in [2.05, 4.69) is 5.32 Å². The molecule has 2 heterocycles. The van der Waals surface area contributed by atoms with E-state index in [-0.39, 0.29) is 17.5 Å². The van der Waals surface area contributed by atoms with Crippen LogP contribution in [0, 0.1) is 5.13 Å². The van der Waals surface area contributed by atoms with Gasteiger partial charge in [-0.25, -0.2) is 0 Å². The van der Waals surface area contributed by atoms with E-state index >= 15 is 0 Å². The highest BCUT2D eigenvalue weighted by Gasteiger charge is 1.99. The van der Waals surface area contributed by atoms with Crippen molar-refractivity contribution in [2.75, 3.05) is 0 Å². The molecule has 2 nitrogen and oxygen atoms in total. The number of halogens is 2. The van der Waals surface area contributed by atoms with Crippen LogP contribution in [-0.2, 0) is 13.1 Å². The van der Waals surface area contributed by atoms with E-state index in [9.17, 15) is 4.39 Å². The number of nitrogens with one attached hydrogen (secondary N) is 1. The molecule has 0 aromatic carbocycles. The number of furan rings is 1. The van der Waals surface area contributed by atoms with Crippen molar-refractivity contribution in [3.63, 3.8) is 0 Å². The first kappa shape index (κ1) is 12.2. The summed E-state index contributed by atoms with van der Waals surface area (Å²) >= 11 is 1.17. The predicted octanol–water partition coefficient (Wildman–Crippen LogP) is 3.19. The standard InChI is InChI=1S/C10H10FNOS.ClH/c11-10-4-3-9(14-10)7-12-6-8-2-1-5-13-8;/h1-5,12H,6-7H2;1H. The molecule has 0 saturated carbocycles. The van der Waals surface area contributed by atoms with Crippen LogP contribution < -0.4 is 5.32 Å². The van der Waals surface area contributed by atoms with E-state index < -0.39 is 0 Å². The molecule has 0 aliphatic rings. The minimum absolute atomic E-state index is 0. The van der Waals surface area contributed by atoms with E-state index in [1.54, 1.807) is 12.3 Å². The highest BCUT2D eigenvalue weighted by Crippen LogP contribution is 2.13. The molecule has 0 aliphatic carbocycles. The van der Waals surface area contributed by atoms with E-state index in [1.165, 1.54) is 17.4 Å². The molecule has 0 amide bonds. The Bertz CT molecular complexity index is 388. The maximum absolute atomic E-state index is 12.6. The second kappa shape index (κ2) is 5.90. The van der Waals surface area contributed by atoms with Gasteiger partial charge in [-0.3, -0.25) is 0 Å². The third-order valence-corrected chi connectivity index (χ3v) is 2.68. The summed E-state index contributed by atoms with van der Waals surface area (Å²) in [6.45, 7) is 1.35. The zero-order chi connectivity index (χ0) is 9.80. The van der Waals surface area contributed by atoms with E-state index in [0.717, 1.165) is 10.6 Å². The van der Waals surface area contributed by atoms with Crippen LogP contribution in [0.15, 0.2) is 34.9 Å². The van der Waals surface area contributed by atoms with Crippen LogP contribution in [0.2, 0.25) is 0 Å². The quantitative estimate of drug-likeness (QED) is 0.898. The molecule has 82 valence electrons. The van der Waals surface area contributed by atoms with Crippen LogP contribution in [0.3, 0.4) is 0 Å². The summed E-state index contributed by atoms with van der Waals surface area (Å²) in [7, 11) is 0. The largest absolute Gasteiger partial charge is 0.468 e. The minimum atomic E-state index is -0.139. The highest BCUT2D eigenvalue weighted by atomic mass is 35.5. The highest BCUT2D eigenvalue weighted by molar-refractivity contribution is 7.10. The number of rotatable bonds is 4.